The topological polar surface area (TPSA) is 55.1 Å². The molecule has 1 rings (SSSR count). The molecule has 0 fully saturated rings. The lowest BCUT2D eigenvalue weighted by atomic mass is 10.1. The molecule has 3 N–H and O–H groups in total. The maximum atomic E-state index is 13.4. The predicted molar refractivity (Wildman–Crippen MR) is 62.7 cm³/mol. The lowest BCUT2D eigenvalue weighted by Gasteiger charge is -2.13. The molecular weight excluding hydrogens is 207 g/mol. The van der Waals surface area contributed by atoms with Crippen molar-refractivity contribution >= 4 is 11.6 Å². The van der Waals surface area contributed by atoms with Crippen LogP contribution >= 0.6 is 0 Å². The molecule has 1 atom stereocenters. The van der Waals surface area contributed by atoms with Crippen LogP contribution in [0.1, 0.15) is 25.3 Å². The Balaban J connectivity index is 2.77. The smallest absolute Gasteiger partial charge is 0.241 e. The van der Waals surface area contributed by atoms with Crippen molar-refractivity contribution in [3.05, 3.63) is 29.6 Å². The average Bonchev–Trinajstić information content (AvgIpc) is 2.23. The number of para-hydroxylation sites is 1. The second-order valence-corrected chi connectivity index (χ2v) is 3.82. The molecule has 1 aromatic rings. The van der Waals surface area contributed by atoms with Crippen LogP contribution in [0.4, 0.5) is 10.1 Å². The first-order valence-corrected chi connectivity index (χ1v) is 5.37. The number of carbonyl (C=O) groups excluding carboxylic acids is 1. The molecule has 0 bridgehead atoms. The first kappa shape index (κ1) is 12.6. The maximum absolute atomic E-state index is 13.4. The second-order valence-electron chi connectivity index (χ2n) is 3.82. The van der Waals surface area contributed by atoms with Crippen molar-refractivity contribution in [3.8, 4) is 0 Å². The van der Waals surface area contributed by atoms with E-state index in [2.05, 4.69) is 5.32 Å². The summed E-state index contributed by atoms with van der Waals surface area (Å²) in [5, 5.41) is 2.52. The van der Waals surface area contributed by atoms with Crippen molar-refractivity contribution in [1.82, 2.24) is 0 Å². The molecule has 88 valence electrons. The summed E-state index contributed by atoms with van der Waals surface area (Å²) in [4.78, 5) is 11.6. The zero-order valence-corrected chi connectivity index (χ0v) is 9.59. The highest BCUT2D eigenvalue weighted by atomic mass is 19.1. The van der Waals surface area contributed by atoms with Gasteiger partial charge in [0.05, 0.1) is 11.7 Å². The van der Waals surface area contributed by atoms with E-state index >= 15 is 0 Å². The quantitative estimate of drug-likeness (QED) is 0.823. The zero-order chi connectivity index (χ0) is 12.1. The number of anilines is 1. The number of hydrogen-bond acceptors (Lipinski definition) is 2. The van der Waals surface area contributed by atoms with E-state index in [9.17, 15) is 9.18 Å². The molecule has 0 aliphatic carbocycles. The van der Waals surface area contributed by atoms with Crippen LogP contribution in [0.5, 0.6) is 0 Å². The minimum atomic E-state index is -0.580. The van der Waals surface area contributed by atoms with Gasteiger partial charge in [0, 0.05) is 0 Å². The van der Waals surface area contributed by atoms with Crippen LogP contribution in [-0.4, -0.2) is 11.9 Å². The van der Waals surface area contributed by atoms with Crippen LogP contribution in [0, 0.1) is 12.7 Å². The van der Waals surface area contributed by atoms with Gasteiger partial charge in [0.1, 0.15) is 5.82 Å². The van der Waals surface area contributed by atoms with Crippen LogP contribution in [0.2, 0.25) is 0 Å². The number of halogens is 1. The van der Waals surface area contributed by atoms with Gasteiger partial charge in [-0.15, -0.1) is 0 Å². The molecular formula is C12H17FN2O. The molecule has 0 heterocycles. The Hall–Kier alpha value is -1.42. The average molecular weight is 224 g/mol. The lowest BCUT2D eigenvalue weighted by Crippen LogP contribution is -2.35. The highest BCUT2D eigenvalue weighted by Gasteiger charge is 2.15. The van der Waals surface area contributed by atoms with E-state index in [-0.39, 0.29) is 11.6 Å². The number of benzene rings is 1. The molecule has 0 spiro atoms. The van der Waals surface area contributed by atoms with Gasteiger partial charge in [-0.3, -0.25) is 4.79 Å². The number of carbonyl (C=O) groups is 1. The number of rotatable bonds is 4. The van der Waals surface area contributed by atoms with Crippen LogP contribution in [0.15, 0.2) is 18.2 Å². The van der Waals surface area contributed by atoms with Gasteiger partial charge in [0.15, 0.2) is 0 Å². The summed E-state index contributed by atoms with van der Waals surface area (Å²) in [6, 6.07) is 4.08. The highest BCUT2D eigenvalue weighted by Crippen LogP contribution is 2.18. The van der Waals surface area contributed by atoms with Gasteiger partial charge in [-0.2, -0.15) is 0 Å². The minimum absolute atomic E-state index is 0.221. The van der Waals surface area contributed by atoms with Crippen LogP contribution < -0.4 is 11.1 Å². The van der Waals surface area contributed by atoms with Gasteiger partial charge in [-0.1, -0.05) is 25.5 Å². The number of nitrogens with one attached hydrogen (secondary N) is 1. The SMILES string of the molecule is CCC[C@@H](N)C(=O)Nc1c(C)cccc1F. The third-order valence-corrected chi connectivity index (χ3v) is 2.41. The number of hydrogen-bond donors (Lipinski definition) is 2. The minimum Gasteiger partial charge on any atom is -0.322 e. The zero-order valence-electron chi connectivity index (χ0n) is 9.59. The summed E-state index contributed by atoms with van der Waals surface area (Å²) in [5.74, 6) is -0.771. The normalized spacial score (nSPS) is 12.2. The van der Waals surface area contributed by atoms with E-state index in [4.69, 9.17) is 5.73 Å². The van der Waals surface area contributed by atoms with Gasteiger partial charge in [0.25, 0.3) is 0 Å². The van der Waals surface area contributed by atoms with E-state index in [0.29, 0.717) is 12.0 Å². The molecule has 1 amide bonds. The third kappa shape index (κ3) is 3.03. The van der Waals surface area contributed by atoms with Gasteiger partial charge in [0.2, 0.25) is 5.91 Å². The van der Waals surface area contributed by atoms with E-state index in [1.807, 2.05) is 6.92 Å². The number of aryl methyl sites for hydroxylation is 1. The predicted octanol–water partition coefficient (Wildman–Crippen LogP) is 2.20. The summed E-state index contributed by atoms with van der Waals surface area (Å²) in [6.45, 7) is 3.69. The molecule has 0 saturated carbocycles. The fraction of sp³-hybridized carbons (Fsp3) is 0.417. The second kappa shape index (κ2) is 5.61. The van der Waals surface area contributed by atoms with E-state index in [0.717, 1.165) is 6.42 Å². The third-order valence-electron chi connectivity index (χ3n) is 2.41. The van der Waals surface area contributed by atoms with E-state index in [1.165, 1.54) is 6.07 Å². The van der Waals surface area contributed by atoms with Crippen molar-refractivity contribution in [2.75, 3.05) is 5.32 Å². The van der Waals surface area contributed by atoms with Crippen LogP contribution in [0.3, 0.4) is 0 Å². The van der Waals surface area contributed by atoms with E-state index < -0.39 is 11.9 Å². The summed E-state index contributed by atoms with van der Waals surface area (Å²) in [6.07, 6.45) is 1.42. The Morgan fingerprint density at radius 3 is 2.81 bits per heavy atom. The molecule has 16 heavy (non-hydrogen) atoms. The van der Waals surface area contributed by atoms with Crippen LogP contribution in [-0.2, 0) is 4.79 Å². The number of nitrogens with two attached hydrogens (primary N) is 1. The highest BCUT2D eigenvalue weighted by molar-refractivity contribution is 5.95. The lowest BCUT2D eigenvalue weighted by molar-refractivity contribution is -0.117. The van der Waals surface area contributed by atoms with Gasteiger partial charge in [-0.05, 0) is 25.0 Å². The molecule has 0 radical (unpaired) electrons. The number of amides is 1. The van der Waals surface area contributed by atoms with Crippen molar-refractivity contribution in [3.63, 3.8) is 0 Å². The first-order chi connectivity index (χ1) is 7.56. The fourth-order valence-corrected chi connectivity index (χ4v) is 1.45. The Labute approximate surface area is 94.8 Å². The molecule has 1 aromatic carbocycles. The fourth-order valence-electron chi connectivity index (χ4n) is 1.45. The molecule has 0 aliphatic rings. The van der Waals surface area contributed by atoms with Crippen molar-refractivity contribution < 1.29 is 9.18 Å². The molecule has 3 nitrogen and oxygen atoms in total. The summed E-state index contributed by atoms with van der Waals surface area (Å²) in [7, 11) is 0. The maximum Gasteiger partial charge on any atom is 0.241 e. The van der Waals surface area contributed by atoms with Gasteiger partial charge in [-0.25, -0.2) is 4.39 Å². The summed E-state index contributed by atoms with van der Waals surface area (Å²) in [5.41, 5.74) is 6.55. The van der Waals surface area contributed by atoms with Crippen molar-refractivity contribution in [2.45, 2.75) is 32.7 Å². The van der Waals surface area contributed by atoms with Gasteiger partial charge >= 0.3 is 0 Å². The standard InChI is InChI=1S/C12H17FN2O/c1-3-5-10(14)12(16)15-11-8(2)6-4-7-9(11)13/h4,6-7,10H,3,5,14H2,1-2H3,(H,15,16)/t10-/m1/s1. The monoisotopic (exact) mass is 224 g/mol. The molecule has 0 aliphatic heterocycles. The Bertz CT molecular complexity index is 359. The molecule has 0 unspecified atom stereocenters. The van der Waals surface area contributed by atoms with Crippen molar-refractivity contribution in [1.29, 1.82) is 0 Å². The summed E-state index contributed by atoms with van der Waals surface area (Å²) >= 11 is 0. The van der Waals surface area contributed by atoms with E-state index in [1.54, 1.807) is 19.1 Å². The molecule has 4 heteroatoms. The Morgan fingerprint density at radius 2 is 2.25 bits per heavy atom. The molecule has 0 saturated heterocycles. The van der Waals surface area contributed by atoms with Crippen molar-refractivity contribution in [2.24, 2.45) is 5.73 Å². The van der Waals surface area contributed by atoms with Gasteiger partial charge < -0.3 is 11.1 Å². The Kier molecular flexibility index (Phi) is 4.43. The summed E-state index contributed by atoms with van der Waals surface area (Å²) < 4.78 is 13.4. The largest absolute Gasteiger partial charge is 0.322 e. The molecule has 0 aromatic heterocycles. The van der Waals surface area contributed by atoms with Crippen LogP contribution in [0.25, 0.3) is 0 Å². The first-order valence-electron chi connectivity index (χ1n) is 5.37. The Morgan fingerprint density at radius 1 is 1.56 bits per heavy atom.